The number of nitrogens with one attached hydrogen (secondary N) is 1. The Bertz CT molecular complexity index is 553. The summed E-state index contributed by atoms with van der Waals surface area (Å²) in [4.78, 5) is 38.4. The quantitative estimate of drug-likeness (QED) is 0.663. The zero-order valence-corrected chi connectivity index (χ0v) is 11.6. The highest BCUT2D eigenvalue weighted by Crippen LogP contribution is 2.26. The van der Waals surface area contributed by atoms with Crippen molar-refractivity contribution in [2.45, 2.75) is 24.9 Å². The van der Waals surface area contributed by atoms with Crippen molar-refractivity contribution < 1.29 is 14.4 Å². The smallest absolute Gasteiger partial charge is 0.325 e. The van der Waals surface area contributed by atoms with Crippen LogP contribution in [0.2, 0.25) is 0 Å². The molecule has 110 valence electrons. The number of hydrogen-bond acceptors (Lipinski definition) is 3. The molecule has 0 spiro atoms. The van der Waals surface area contributed by atoms with Gasteiger partial charge in [-0.1, -0.05) is 30.3 Å². The number of benzene rings is 1. The van der Waals surface area contributed by atoms with Gasteiger partial charge in [0.25, 0.3) is 5.91 Å². The van der Waals surface area contributed by atoms with Crippen LogP contribution in [0.1, 0.15) is 24.4 Å². The fourth-order valence-electron chi connectivity index (χ4n) is 2.96. The predicted molar refractivity (Wildman–Crippen MR) is 75.2 cm³/mol. The van der Waals surface area contributed by atoms with Gasteiger partial charge in [-0.2, -0.15) is 0 Å². The van der Waals surface area contributed by atoms with Crippen molar-refractivity contribution in [3.05, 3.63) is 35.9 Å². The van der Waals surface area contributed by atoms with E-state index in [0.717, 1.165) is 12.0 Å². The molecule has 2 saturated heterocycles. The highest BCUT2D eigenvalue weighted by atomic mass is 16.2. The van der Waals surface area contributed by atoms with E-state index in [1.165, 1.54) is 4.90 Å². The van der Waals surface area contributed by atoms with Crippen molar-refractivity contribution in [2.24, 2.45) is 0 Å². The zero-order chi connectivity index (χ0) is 14.8. The van der Waals surface area contributed by atoms with Crippen LogP contribution in [0.4, 0.5) is 4.79 Å². The number of amides is 4. The molecule has 2 fully saturated rings. The minimum absolute atomic E-state index is 0.123. The number of urea groups is 1. The van der Waals surface area contributed by atoms with E-state index in [0.29, 0.717) is 25.9 Å². The number of carbonyl (C=O) groups excluding carboxylic acids is 3. The van der Waals surface area contributed by atoms with E-state index in [1.54, 1.807) is 4.90 Å². The minimum Gasteiger partial charge on any atom is -0.345 e. The fraction of sp³-hybridized carbons (Fsp3) is 0.400. The van der Waals surface area contributed by atoms with Crippen molar-refractivity contribution in [1.29, 1.82) is 0 Å². The summed E-state index contributed by atoms with van der Waals surface area (Å²) in [6.07, 6.45) is 2.09. The molecular weight excluding hydrogens is 270 g/mol. The van der Waals surface area contributed by atoms with Crippen LogP contribution in [0.15, 0.2) is 30.3 Å². The van der Waals surface area contributed by atoms with Crippen LogP contribution in [-0.2, 0) is 9.59 Å². The Morgan fingerprint density at radius 2 is 1.76 bits per heavy atom. The Morgan fingerprint density at radius 1 is 1.10 bits per heavy atom. The van der Waals surface area contributed by atoms with Crippen LogP contribution in [0.5, 0.6) is 0 Å². The van der Waals surface area contributed by atoms with Gasteiger partial charge in [0.15, 0.2) is 0 Å². The predicted octanol–water partition coefficient (Wildman–Crippen LogP) is 0.900. The first-order valence-electron chi connectivity index (χ1n) is 7.08. The largest absolute Gasteiger partial charge is 0.345 e. The average molecular weight is 287 g/mol. The summed E-state index contributed by atoms with van der Waals surface area (Å²) in [6.45, 7) is 1.17. The van der Waals surface area contributed by atoms with Gasteiger partial charge in [0.1, 0.15) is 6.04 Å². The molecule has 1 aromatic rings. The van der Waals surface area contributed by atoms with Gasteiger partial charge < -0.3 is 10.2 Å². The van der Waals surface area contributed by atoms with E-state index in [1.807, 2.05) is 30.3 Å². The number of carbonyl (C=O) groups is 3. The van der Waals surface area contributed by atoms with Crippen LogP contribution in [0.3, 0.4) is 0 Å². The van der Waals surface area contributed by atoms with E-state index in [2.05, 4.69) is 5.32 Å². The molecular formula is C15H17N3O3. The Kier molecular flexibility index (Phi) is 3.60. The summed E-state index contributed by atoms with van der Waals surface area (Å²) in [7, 11) is 0. The molecule has 2 heterocycles. The van der Waals surface area contributed by atoms with Crippen molar-refractivity contribution in [1.82, 2.24) is 15.1 Å². The molecule has 1 N–H and O–H groups in total. The fourth-order valence-corrected chi connectivity index (χ4v) is 2.96. The first kappa shape index (κ1) is 13.6. The molecule has 2 aliphatic rings. The van der Waals surface area contributed by atoms with Crippen LogP contribution >= 0.6 is 0 Å². The van der Waals surface area contributed by atoms with Gasteiger partial charge in [-0.05, 0) is 18.4 Å². The monoisotopic (exact) mass is 287 g/mol. The molecule has 0 aromatic heterocycles. The normalized spacial score (nSPS) is 23.3. The van der Waals surface area contributed by atoms with E-state index in [-0.39, 0.29) is 18.0 Å². The standard InChI is InChI=1S/C15H17N3O3/c19-10-17-8-6-12(7-9-17)18-14(20)13(16-15(18)21)11-4-2-1-3-5-11/h1-5,10,12-13H,6-9H2,(H,16,21). The van der Waals surface area contributed by atoms with Gasteiger partial charge in [0.05, 0.1) is 0 Å². The number of piperidine rings is 1. The Morgan fingerprint density at radius 3 is 2.38 bits per heavy atom. The third-order valence-corrected chi connectivity index (χ3v) is 4.12. The molecule has 6 heteroatoms. The maximum absolute atomic E-state index is 12.5. The lowest BCUT2D eigenvalue weighted by Crippen LogP contribution is -2.47. The van der Waals surface area contributed by atoms with Gasteiger partial charge in [-0.3, -0.25) is 14.5 Å². The van der Waals surface area contributed by atoms with Crippen molar-refractivity contribution in [3.63, 3.8) is 0 Å². The third-order valence-electron chi connectivity index (χ3n) is 4.12. The molecule has 3 rings (SSSR count). The number of likely N-dealkylation sites (tertiary alicyclic amines) is 1. The van der Waals surface area contributed by atoms with Crippen LogP contribution in [0, 0.1) is 0 Å². The molecule has 2 aliphatic heterocycles. The third kappa shape index (κ3) is 2.49. The minimum atomic E-state index is -0.595. The maximum Gasteiger partial charge on any atom is 0.325 e. The topological polar surface area (TPSA) is 69.7 Å². The van der Waals surface area contributed by atoms with E-state index < -0.39 is 6.04 Å². The molecule has 1 atom stereocenters. The van der Waals surface area contributed by atoms with Gasteiger partial charge in [0.2, 0.25) is 6.41 Å². The number of imide groups is 1. The zero-order valence-electron chi connectivity index (χ0n) is 11.6. The summed E-state index contributed by atoms with van der Waals surface area (Å²) in [5.74, 6) is -0.198. The second-order valence-corrected chi connectivity index (χ2v) is 5.37. The maximum atomic E-state index is 12.5. The van der Waals surface area contributed by atoms with Crippen LogP contribution in [0.25, 0.3) is 0 Å². The van der Waals surface area contributed by atoms with Crippen molar-refractivity contribution in [3.8, 4) is 0 Å². The summed E-state index contributed by atoms with van der Waals surface area (Å²) < 4.78 is 0. The SMILES string of the molecule is O=CN1CCC(N2C(=O)NC(c3ccccc3)C2=O)CC1. The molecule has 0 bridgehead atoms. The van der Waals surface area contributed by atoms with Crippen molar-refractivity contribution in [2.75, 3.05) is 13.1 Å². The first-order valence-corrected chi connectivity index (χ1v) is 7.08. The van der Waals surface area contributed by atoms with Gasteiger partial charge in [-0.25, -0.2) is 4.79 Å². The highest BCUT2D eigenvalue weighted by molar-refractivity contribution is 6.05. The summed E-state index contributed by atoms with van der Waals surface area (Å²) in [6, 6.07) is 8.18. The number of rotatable bonds is 3. The molecule has 0 aliphatic carbocycles. The molecule has 1 aromatic carbocycles. The lowest BCUT2D eigenvalue weighted by molar-refractivity contribution is -0.130. The van der Waals surface area contributed by atoms with E-state index >= 15 is 0 Å². The van der Waals surface area contributed by atoms with Gasteiger partial charge >= 0.3 is 6.03 Å². The summed E-state index contributed by atoms with van der Waals surface area (Å²) in [5.41, 5.74) is 0.795. The second-order valence-electron chi connectivity index (χ2n) is 5.37. The van der Waals surface area contributed by atoms with E-state index in [9.17, 15) is 14.4 Å². The molecule has 0 saturated carbocycles. The highest BCUT2D eigenvalue weighted by Gasteiger charge is 2.43. The number of hydrogen-bond donors (Lipinski definition) is 1. The Hall–Kier alpha value is -2.37. The lowest BCUT2D eigenvalue weighted by atomic mass is 10.0. The van der Waals surface area contributed by atoms with Crippen LogP contribution in [-0.4, -0.2) is 47.3 Å². The van der Waals surface area contributed by atoms with E-state index in [4.69, 9.17) is 0 Å². The van der Waals surface area contributed by atoms with Gasteiger partial charge in [0, 0.05) is 19.1 Å². The van der Waals surface area contributed by atoms with Crippen LogP contribution < -0.4 is 5.32 Å². The summed E-state index contributed by atoms with van der Waals surface area (Å²) >= 11 is 0. The second kappa shape index (κ2) is 5.55. The molecule has 0 radical (unpaired) electrons. The average Bonchev–Trinajstić information content (AvgIpc) is 2.83. The van der Waals surface area contributed by atoms with Crippen molar-refractivity contribution >= 4 is 18.3 Å². The molecule has 4 amide bonds. The molecule has 6 nitrogen and oxygen atoms in total. The first-order chi connectivity index (χ1) is 10.2. The lowest BCUT2D eigenvalue weighted by Gasteiger charge is -2.33. The Labute approximate surface area is 122 Å². The number of nitrogens with zero attached hydrogens (tertiary/aromatic N) is 2. The Balaban J connectivity index is 1.74. The molecule has 21 heavy (non-hydrogen) atoms. The summed E-state index contributed by atoms with van der Waals surface area (Å²) in [5, 5.41) is 2.75. The molecule has 1 unspecified atom stereocenters. The van der Waals surface area contributed by atoms with Gasteiger partial charge in [-0.15, -0.1) is 0 Å².